The first-order valence-corrected chi connectivity index (χ1v) is 8.19. The number of rotatable bonds is 3. The highest BCUT2D eigenvalue weighted by Crippen LogP contribution is 2.25. The fraction of sp³-hybridized carbons (Fsp3) is 0.385. The number of nitrogens with one attached hydrogen (secondary N) is 1. The van der Waals surface area contributed by atoms with E-state index in [1.54, 1.807) is 18.2 Å². The highest BCUT2D eigenvalue weighted by molar-refractivity contribution is 9.10. The Bertz CT molecular complexity index is 555. The third-order valence-electron chi connectivity index (χ3n) is 3.03. The Morgan fingerprint density at radius 1 is 1.48 bits per heavy atom. The molecule has 6 nitrogen and oxygen atoms in total. The molecule has 1 saturated heterocycles. The molecule has 1 aromatic rings. The van der Waals surface area contributed by atoms with Crippen molar-refractivity contribution in [2.45, 2.75) is 6.04 Å². The maximum atomic E-state index is 12.3. The summed E-state index contributed by atoms with van der Waals surface area (Å²) in [6, 6.07) is 3.97. The number of carbonyl (C=O) groups excluding carboxylic acids is 1. The molecule has 0 aliphatic carbocycles. The van der Waals surface area contributed by atoms with Gasteiger partial charge in [0.15, 0.2) is 0 Å². The predicted molar refractivity (Wildman–Crippen MR) is 85.2 cm³/mol. The summed E-state index contributed by atoms with van der Waals surface area (Å²) in [7, 11) is 1.54. The molecule has 0 aromatic heterocycles. The Balaban J connectivity index is 2.13. The van der Waals surface area contributed by atoms with E-state index < -0.39 is 18.0 Å². The molecule has 0 spiro atoms. The number of carbonyl (C=O) groups is 2. The van der Waals surface area contributed by atoms with Crippen LogP contribution in [0.2, 0.25) is 0 Å². The van der Waals surface area contributed by atoms with Gasteiger partial charge >= 0.3 is 12.0 Å². The van der Waals surface area contributed by atoms with Gasteiger partial charge in [-0.05, 0) is 12.1 Å². The first-order valence-electron chi connectivity index (χ1n) is 6.24. The fourth-order valence-corrected chi connectivity index (χ4v) is 3.51. The van der Waals surface area contributed by atoms with Crippen LogP contribution in [0.5, 0.6) is 5.75 Å². The van der Waals surface area contributed by atoms with E-state index in [1.165, 1.54) is 23.8 Å². The lowest BCUT2D eigenvalue weighted by Crippen LogP contribution is -2.51. The molecule has 1 heterocycles. The molecule has 1 fully saturated rings. The zero-order valence-corrected chi connectivity index (χ0v) is 13.7. The number of halogens is 1. The van der Waals surface area contributed by atoms with Crippen LogP contribution in [0.4, 0.5) is 10.5 Å². The molecule has 1 aliphatic heterocycles. The highest BCUT2D eigenvalue weighted by Gasteiger charge is 2.32. The number of hydrogen-bond donors (Lipinski definition) is 2. The van der Waals surface area contributed by atoms with E-state index in [0.717, 1.165) is 10.2 Å². The number of carboxylic acids is 1. The lowest BCUT2D eigenvalue weighted by atomic mass is 10.2. The Hall–Kier alpha value is -1.41. The molecule has 1 atom stereocenters. The number of benzene rings is 1. The Morgan fingerprint density at radius 3 is 2.90 bits per heavy atom. The zero-order chi connectivity index (χ0) is 15.4. The molecule has 2 amide bonds. The van der Waals surface area contributed by atoms with Gasteiger partial charge in [0.1, 0.15) is 11.8 Å². The number of amides is 2. The van der Waals surface area contributed by atoms with Crippen molar-refractivity contribution in [1.82, 2.24) is 4.90 Å². The fourth-order valence-electron chi connectivity index (χ4n) is 2.00. The van der Waals surface area contributed by atoms with Gasteiger partial charge in [0.2, 0.25) is 0 Å². The van der Waals surface area contributed by atoms with Gasteiger partial charge < -0.3 is 20.1 Å². The second kappa shape index (κ2) is 7.04. The van der Waals surface area contributed by atoms with Gasteiger partial charge in [-0.25, -0.2) is 9.59 Å². The van der Waals surface area contributed by atoms with Crippen molar-refractivity contribution >= 4 is 45.4 Å². The van der Waals surface area contributed by atoms with Crippen molar-refractivity contribution < 1.29 is 19.4 Å². The number of methoxy groups -OCH3 is 1. The minimum atomic E-state index is -0.982. The van der Waals surface area contributed by atoms with Gasteiger partial charge in [0.25, 0.3) is 0 Å². The summed E-state index contributed by atoms with van der Waals surface area (Å²) in [6.45, 7) is 0.415. The number of thioether (sulfide) groups is 1. The number of ether oxygens (including phenoxy) is 1. The van der Waals surface area contributed by atoms with Crippen LogP contribution >= 0.6 is 27.7 Å². The molecule has 1 aliphatic rings. The van der Waals surface area contributed by atoms with E-state index >= 15 is 0 Å². The molecule has 0 radical (unpaired) electrons. The maximum absolute atomic E-state index is 12.3. The summed E-state index contributed by atoms with van der Waals surface area (Å²) in [6.07, 6.45) is 0. The molecule has 1 unspecified atom stereocenters. The van der Waals surface area contributed by atoms with Crippen molar-refractivity contribution in [2.24, 2.45) is 0 Å². The topological polar surface area (TPSA) is 78.9 Å². The molecule has 114 valence electrons. The summed E-state index contributed by atoms with van der Waals surface area (Å²) >= 11 is 4.87. The van der Waals surface area contributed by atoms with Crippen molar-refractivity contribution in [2.75, 3.05) is 30.5 Å². The molecular formula is C13H15BrN2O4S. The number of anilines is 1. The van der Waals surface area contributed by atoms with Gasteiger partial charge in [0.05, 0.1) is 7.11 Å². The molecule has 8 heteroatoms. The summed E-state index contributed by atoms with van der Waals surface area (Å²) in [4.78, 5) is 24.8. The summed E-state index contributed by atoms with van der Waals surface area (Å²) in [5.74, 6) is 0.761. The van der Waals surface area contributed by atoms with Gasteiger partial charge in [0, 0.05) is 34.3 Å². The van der Waals surface area contributed by atoms with Crippen LogP contribution < -0.4 is 10.1 Å². The van der Waals surface area contributed by atoms with Crippen molar-refractivity contribution in [3.8, 4) is 5.75 Å². The quantitative estimate of drug-likeness (QED) is 0.849. The monoisotopic (exact) mass is 374 g/mol. The zero-order valence-electron chi connectivity index (χ0n) is 11.3. The molecule has 0 saturated carbocycles. The largest absolute Gasteiger partial charge is 0.497 e. The van der Waals surface area contributed by atoms with Gasteiger partial charge in [-0.3, -0.25) is 0 Å². The molecular weight excluding hydrogens is 360 g/mol. The minimum Gasteiger partial charge on any atom is -0.497 e. The average Bonchev–Trinajstić information content (AvgIpc) is 2.46. The minimum absolute atomic E-state index is 0.407. The van der Waals surface area contributed by atoms with Crippen LogP contribution in [0, 0.1) is 0 Å². The predicted octanol–water partition coefficient (Wildman–Crippen LogP) is 2.49. The smallest absolute Gasteiger partial charge is 0.327 e. The first kappa shape index (κ1) is 16.0. The number of nitrogens with zero attached hydrogens (tertiary/aromatic N) is 1. The second-order valence-electron chi connectivity index (χ2n) is 4.43. The average molecular weight is 375 g/mol. The third-order valence-corrected chi connectivity index (χ3v) is 4.51. The lowest BCUT2D eigenvalue weighted by molar-refractivity contribution is -0.141. The van der Waals surface area contributed by atoms with Crippen LogP contribution in [-0.2, 0) is 4.79 Å². The van der Waals surface area contributed by atoms with Crippen molar-refractivity contribution in [3.63, 3.8) is 0 Å². The molecule has 21 heavy (non-hydrogen) atoms. The van der Waals surface area contributed by atoms with Crippen LogP contribution in [0.1, 0.15) is 0 Å². The van der Waals surface area contributed by atoms with E-state index in [0.29, 0.717) is 23.7 Å². The van der Waals surface area contributed by atoms with E-state index in [-0.39, 0.29) is 0 Å². The van der Waals surface area contributed by atoms with E-state index in [1.807, 2.05) is 0 Å². The van der Waals surface area contributed by atoms with Crippen molar-refractivity contribution in [3.05, 3.63) is 22.7 Å². The van der Waals surface area contributed by atoms with E-state index in [9.17, 15) is 14.7 Å². The lowest BCUT2D eigenvalue weighted by Gasteiger charge is -2.32. The Labute approximate surface area is 135 Å². The van der Waals surface area contributed by atoms with Crippen LogP contribution in [0.3, 0.4) is 0 Å². The van der Waals surface area contributed by atoms with Crippen LogP contribution in [-0.4, -0.2) is 53.2 Å². The molecule has 1 aromatic carbocycles. The van der Waals surface area contributed by atoms with Gasteiger partial charge in [-0.2, -0.15) is 11.8 Å². The SMILES string of the molecule is COc1cc(Br)cc(NC(=O)N2CCSCC2C(=O)O)c1. The van der Waals surface area contributed by atoms with Crippen LogP contribution in [0.15, 0.2) is 22.7 Å². The third kappa shape index (κ3) is 4.04. The standard InChI is InChI=1S/C13H15BrN2O4S/c1-20-10-5-8(14)4-9(6-10)15-13(19)16-2-3-21-7-11(16)12(17)18/h4-6,11H,2-3,7H2,1H3,(H,15,19)(H,17,18). The summed E-state index contributed by atoms with van der Waals surface area (Å²) in [5.41, 5.74) is 0.550. The Morgan fingerprint density at radius 2 is 2.24 bits per heavy atom. The number of urea groups is 1. The number of carboxylic acid groups (broad SMARTS) is 1. The number of aliphatic carboxylic acids is 1. The van der Waals surface area contributed by atoms with Crippen molar-refractivity contribution in [1.29, 1.82) is 0 Å². The number of hydrogen-bond acceptors (Lipinski definition) is 4. The second-order valence-corrected chi connectivity index (χ2v) is 6.50. The molecule has 2 rings (SSSR count). The molecule has 0 bridgehead atoms. The normalized spacial score (nSPS) is 18.2. The van der Waals surface area contributed by atoms with E-state index in [2.05, 4.69) is 21.2 Å². The summed E-state index contributed by atoms with van der Waals surface area (Å²) in [5, 5.41) is 11.9. The Kier molecular flexibility index (Phi) is 5.35. The van der Waals surface area contributed by atoms with Crippen LogP contribution in [0.25, 0.3) is 0 Å². The molecule has 2 N–H and O–H groups in total. The maximum Gasteiger partial charge on any atom is 0.327 e. The van der Waals surface area contributed by atoms with Gasteiger partial charge in [-0.15, -0.1) is 0 Å². The highest BCUT2D eigenvalue weighted by atomic mass is 79.9. The summed E-state index contributed by atoms with van der Waals surface area (Å²) < 4.78 is 5.89. The van der Waals surface area contributed by atoms with Gasteiger partial charge in [-0.1, -0.05) is 15.9 Å². The van der Waals surface area contributed by atoms with E-state index in [4.69, 9.17) is 4.74 Å². The first-order chi connectivity index (χ1) is 10.0.